The molecule has 0 aliphatic carbocycles. The lowest BCUT2D eigenvalue weighted by atomic mass is 10.2. The average Bonchev–Trinajstić information content (AvgIpc) is 2.60. The van der Waals surface area contributed by atoms with Gasteiger partial charge < -0.3 is 10.1 Å². The standard InChI is InChI=1S/C14H28N3O/c1-6-8-9-10-17(5)12-15-11-13(17)16-14(3,4)18-7-2/h11-12,16H,6-10H2,1-5H3/q+1. The molecule has 0 saturated heterocycles. The van der Waals surface area contributed by atoms with Gasteiger partial charge in [-0.25, -0.2) is 9.48 Å². The molecule has 0 spiro atoms. The predicted molar refractivity (Wildman–Crippen MR) is 76.0 cm³/mol. The normalized spacial score (nSPS) is 23.3. The van der Waals surface area contributed by atoms with Gasteiger partial charge in [0, 0.05) is 6.61 Å². The highest BCUT2D eigenvalue weighted by molar-refractivity contribution is 5.52. The van der Waals surface area contributed by atoms with Gasteiger partial charge in [-0.2, -0.15) is 0 Å². The molecule has 1 unspecified atom stereocenters. The minimum absolute atomic E-state index is 0.349. The van der Waals surface area contributed by atoms with Gasteiger partial charge in [0.05, 0.1) is 13.6 Å². The van der Waals surface area contributed by atoms with Crippen LogP contribution in [0.25, 0.3) is 0 Å². The van der Waals surface area contributed by atoms with Gasteiger partial charge >= 0.3 is 0 Å². The fourth-order valence-corrected chi connectivity index (χ4v) is 2.18. The summed E-state index contributed by atoms with van der Waals surface area (Å²) in [5.41, 5.74) is -0.349. The van der Waals surface area contributed by atoms with Gasteiger partial charge in [0.2, 0.25) is 5.82 Å². The zero-order valence-corrected chi connectivity index (χ0v) is 12.5. The highest BCUT2D eigenvalue weighted by Gasteiger charge is 2.33. The molecular weight excluding hydrogens is 226 g/mol. The number of ether oxygens (including phenoxy) is 1. The van der Waals surface area contributed by atoms with Crippen LogP contribution in [-0.4, -0.2) is 36.7 Å². The maximum Gasteiger partial charge on any atom is 0.228 e. The van der Waals surface area contributed by atoms with Crippen molar-refractivity contribution in [2.24, 2.45) is 4.99 Å². The van der Waals surface area contributed by atoms with Crippen LogP contribution in [0, 0.1) is 0 Å². The first-order valence-corrected chi connectivity index (χ1v) is 6.96. The molecule has 1 heterocycles. The van der Waals surface area contributed by atoms with E-state index in [1.54, 1.807) is 0 Å². The molecule has 1 atom stereocenters. The Labute approximate surface area is 111 Å². The molecule has 104 valence electrons. The van der Waals surface area contributed by atoms with E-state index in [2.05, 4.69) is 24.3 Å². The second-order valence-electron chi connectivity index (χ2n) is 5.55. The molecule has 18 heavy (non-hydrogen) atoms. The first-order chi connectivity index (χ1) is 8.43. The molecule has 0 aromatic carbocycles. The van der Waals surface area contributed by atoms with Crippen LogP contribution in [0.1, 0.15) is 47.0 Å². The first-order valence-electron chi connectivity index (χ1n) is 6.96. The Morgan fingerprint density at radius 2 is 2.06 bits per heavy atom. The Morgan fingerprint density at radius 3 is 2.67 bits per heavy atom. The van der Waals surface area contributed by atoms with Crippen molar-refractivity contribution in [1.82, 2.24) is 5.32 Å². The smallest absolute Gasteiger partial charge is 0.228 e. The Kier molecular flexibility index (Phi) is 5.35. The molecule has 0 radical (unpaired) electrons. The fourth-order valence-electron chi connectivity index (χ4n) is 2.18. The number of unbranched alkanes of at least 4 members (excludes halogenated alkanes) is 2. The summed E-state index contributed by atoms with van der Waals surface area (Å²) in [5, 5.41) is 3.46. The highest BCUT2D eigenvalue weighted by Crippen LogP contribution is 2.20. The van der Waals surface area contributed by atoms with E-state index in [1.807, 2.05) is 33.3 Å². The second-order valence-corrected chi connectivity index (χ2v) is 5.55. The van der Waals surface area contributed by atoms with E-state index >= 15 is 0 Å². The van der Waals surface area contributed by atoms with Crippen molar-refractivity contribution >= 4 is 6.34 Å². The van der Waals surface area contributed by atoms with Crippen molar-refractivity contribution < 1.29 is 9.22 Å². The van der Waals surface area contributed by atoms with E-state index in [0.717, 1.165) is 16.8 Å². The second kappa shape index (κ2) is 6.34. The largest absolute Gasteiger partial charge is 0.357 e. The molecule has 0 amide bonds. The lowest BCUT2D eigenvalue weighted by molar-refractivity contribution is -0.776. The van der Waals surface area contributed by atoms with E-state index < -0.39 is 0 Å². The van der Waals surface area contributed by atoms with Crippen LogP contribution in [0.2, 0.25) is 0 Å². The third-order valence-corrected chi connectivity index (χ3v) is 3.23. The van der Waals surface area contributed by atoms with Crippen LogP contribution in [0.4, 0.5) is 0 Å². The van der Waals surface area contributed by atoms with Crippen molar-refractivity contribution in [3.05, 3.63) is 12.0 Å². The van der Waals surface area contributed by atoms with E-state index in [9.17, 15) is 0 Å². The van der Waals surface area contributed by atoms with Gasteiger partial charge in [-0.15, -0.1) is 0 Å². The van der Waals surface area contributed by atoms with Crippen molar-refractivity contribution in [3.63, 3.8) is 0 Å². The number of hydrogen-bond acceptors (Lipinski definition) is 3. The fraction of sp³-hybridized carbons (Fsp3) is 0.786. The number of hydrogen-bond donors (Lipinski definition) is 1. The summed E-state index contributed by atoms with van der Waals surface area (Å²) in [6, 6.07) is 0. The van der Waals surface area contributed by atoms with E-state index in [4.69, 9.17) is 4.74 Å². The maximum absolute atomic E-state index is 5.69. The molecule has 4 nitrogen and oxygen atoms in total. The van der Waals surface area contributed by atoms with Gasteiger partial charge in [-0.3, -0.25) is 0 Å². The van der Waals surface area contributed by atoms with Gasteiger partial charge in [0.1, 0.15) is 11.9 Å². The molecule has 0 aromatic rings. The van der Waals surface area contributed by atoms with Crippen molar-refractivity contribution in [3.8, 4) is 0 Å². The van der Waals surface area contributed by atoms with Gasteiger partial charge in [0.15, 0.2) is 6.34 Å². The van der Waals surface area contributed by atoms with Gasteiger partial charge in [0.25, 0.3) is 0 Å². The number of nitrogens with one attached hydrogen (secondary N) is 1. The lowest BCUT2D eigenvalue weighted by Gasteiger charge is -2.34. The minimum atomic E-state index is -0.349. The molecule has 0 fully saturated rings. The van der Waals surface area contributed by atoms with Crippen LogP contribution in [-0.2, 0) is 4.74 Å². The lowest BCUT2D eigenvalue weighted by Crippen LogP contribution is -2.52. The molecule has 1 N–H and O–H groups in total. The predicted octanol–water partition coefficient (Wildman–Crippen LogP) is 2.83. The van der Waals surface area contributed by atoms with Gasteiger partial charge in [-0.1, -0.05) is 13.3 Å². The monoisotopic (exact) mass is 254 g/mol. The zero-order valence-electron chi connectivity index (χ0n) is 12.5. The Morgan fingerprint density at radius 1 is 1.33 bits per heavy atom. The molecule has 0 bridgehead atoms. The first kappa shape index (κ1) is 15.2. The molecule has 1 rings (SSSR count). The zero-order chi connectivity index (χ0) is 13.6. The summed E-state index contributed by atoms with van der Waals surface area (Å²) in [6.07, 6.45) is 7.64. The third kappa shape index (κ3) is 4.10. The van der Waals surface area contributed by atoms with Crippen molar-refractivity contribution in [1.29, 1.82) is 0 Å². The molecule has 1 aliphatic heterocycles. The number of rotatable bonds is 8. The maximum atomic E-state index is 5.69. The SMILES string of the molecule is CCCCC[N+]1(C)C=NC=C1NC(C)(C)OCC. The average molecular weight is 254 g/mol. The summed E-state index contributed by atoms with van der Waals surface area (Å²) >= 11 is 0. The van der Waals surface area contributed by atoms with Crippen molar-refractivity contribution in [2.75, 3.05) is 20.2 Å². The Bertz CT molecular complexity index is 323. The highest BCUT2D eigenvalue weighted by atomic mass is 16.5. The summed E-state index contributed by atoms with van der Waals surface area (Å²) in [6.45, 7) is 10.1. The summed E-state index contributed by atoms with van der Waals surface area (Å²) in [7, 11) is 2.19. The number of nitrogens with zero attached hydrogens (tertiary/aromatic N) is 2. The molecular formula is C14H28N3O+. The number of quaternary nitrogens is 1. The Balaban J connectivity index is 2.60. The topological polar surface area (TPSA) is 33.6 Å². The van der Waals surface area contributed by atoms with E-state index in [1.165, 1.54) is 19.3 Å². The summed E-state index contributed by atoms with van der Waals surface area (Å²) in [5.74, 6) is 1.12. The number of aliphatic imine (C=N–C) groups is 1. The van der Waals surface area contributed by atoms with E-state index in [0.29, 0.717) is 6.61 Å². The van der Waals surface area contributed by atoms with Gasteiger partial charge in [-0.05, 0) is 33.6 Å². The Hall–Kier alpha value is -0.870. The summed E-state index contributed by atoms with van der Waals surface area (Å²) < 4.78 is 6.44. The minimum Gasteiger partial charge on any atom is -0.357 e. The molecule has 1 aliphatic rings. The van der Waals surface area contributed by atoms with Crippen LogP contribution >= 0.6 is 0 Å². The molecule has 0 aromatic heterocycles. The van der Waals surface area contributed by atoms with Crippen LogP contribution in [0.3, 0.4) is 0 Å². The van der Waals surface area contributed by atoms with Crippen LogP contribution in [0.15, 0.2) is 17.0 Å². The van der Waals surface area contributed by atoms with Crippen molar-refractivity contribution in [2.45, 2.75) is 52.7 Å². The van der Waals surface area contributed by atoms with E-state index in [-0.39, 0.29) is 5.72 Å². The van der Waals surface area contributed by atoms with Crippen LogP contribution in [0.5, 0.6) is 0 Å². The molecule has 4 heteroatoms. The molecule has 0 saturated carbocycles. The quantitative estimate of drug-likeness (QED) is 0.410. The summed E-state index contributed by atoms with van der Waals surface area (Å²) in [4.78, 5) is 4.31. The van der Waals surface area contributed by atoms with Crippen LogP contribution < -0.4 is 5.32 Å². The third-order valence-electron chi connectivity index (χ3n) is 3.23.